The fourth-order valence-corrected chi connectivity index (χ4v) is 3.17. The summed E-state index contributed by atoms with van der Waals surface area (Å²) in [6, 6.07) is -0.501. The van der Waals surface area contributed by atoms with E-state index in [1.54, 1.807) is 0 Å². The van der Waals surface area contributed by atoms with Crippen molar-refractivity contribution in [2.75, 3.05) is 32.7 Å². The molecule has 0 aromatic rings. The highest BCUT2D eigenvalue weighted by Crippen LogP contribution is 2.35. The molecule has 2 heterocycles. The maximum absolute atomic E-state index is 14.0. The quantitative estimate of drug-likeness (QED) is 0.775. The Labute approximate surface area is 117 Å². The van der Waals surface area contributed by atoms with E-state index in [9.17, 15) is 8.78 Å². The number of piperidine rings is 1. The van der Waals surface area contributed by atoms with Crippen LogP contribution in [0.3, 0.4) is 0 Å². The molecule has 0 aliphatic carbocycles. The van der Waals surface area contributed by atoms with Gasteiger partial charge in [0, 0.05) is 19.6 Å². The minimum Gasteiger partial charge on any atom is -0.298 e. The van der Waals surface area contributed by atoms with E-state index in [2.05, 4.69) is 6.92 Å². The Balaban J connectivity index is 0.000000861. The van der Waals surface area contributed by atoms with E-state index in [1.807, 2.05) is 30.6 Å². The predicted octanol–water partition coefficient (Wildman–Crippen LogP) is 3.47. The summed E-state index contributed by atoms with van der Waals surface area (Å²) < 4.78 is 28.0. The molecule has 19 heavy (non-hydrogen) atoms. The molecule has 0 N–H and O–H groups in total. The molecule has 2 fully saturated rings. The Hall–Kier alpha value is -0.220. The molecule has 2 saturated heterocycles. The number of hydrogen-bond donors (Lipinski definition) is 0. The van der Waals surface area contributed by atoms with Crippen molar-refractivity contribution in [3.05, 3.63) is 0 Å². The average molecular weight is 276 g/mol. The van der Waals surface area contributed by atoms with E-state index >= 15 is 0 Å². The zero-order valence-corrected chi connectivity index (χ0v) is 13.0. The molecule has 0 saturated carbocycles. The summed E-state index contributed by atoms with van der Waals surface area (Å²) in [6.07, 6.45) is 2.98. The highest BCUT2D eigenvalue weighted by Gasteiger charge is 2.49. The summed E-state index contributed by atoms with van der Waals surface area (Å²) >= 11 is 0. The molecule has 0 bridgehead atoms. The maximum atomic E-state index is 14.0. The standard InChI is InChI=1S/C13H24F2N2.C2H6/c1-3-5-11-8-17(9-11)12-6-7-16(4-2)10-13(12,14)15;1-2/h11-12H,3-10H2,1-2H3;1-2H3. The second-order valence-corrected chi connectivity index (χ2v) is 5.54. The monoisotopic (exact) mass is 276 g/mol. The zero-order chi connectivity index (χ0) is 14.5. The first kappa shape index (κ1) is 16.8. The molecule has 2 rings (SSSR count). The van der Waals surface area contributed by atoms with E-state index in [0.717, 1.165) is 26.2 Å². The van der Waals surface area contributed by atoms with E-state index in [1.165, 1.54) is 12.8 Å². The van der Waals surface area contributed by atoms with Crippen molar-refractivity contribution in [3.63, 3.8) is 0 Å². The molecular formula is C15H30F2N2. The van der Waals surface area contributed by atoms with Crippen LogP contribution in [0.1, 0.15) is 47.0 Å². The van der Waals surface area contributed by atoms with Crippen molar-refractivity contribution < 1.29 is 8.78 Å². The van der Waals surface area contributed by atoms with Crippen LogP contribution in [0.4, 0.5) is 8.78 Å². The van der Waals surface area contributed by atoms with Crippen molar-refractivity contribution in [3.8, 4) is 0 Å². The summed E-state index contributed by atoms with van der Waals surface area (Å²) in [7, 11) is 0. The van der Waals surface area contributed by atoms with Crippen LogP contribution in [-0.4, -0.2) is 54.5 Å². The SMILES string of the molecule is CC.CCCC1CN(C2CCN(CC)CC2(F)F)C1. The van der Waals surface area contributed by atoms with Crippen molar-refractivity contribution in [2.45, 2.75) is 58.9 Å². The lowest BCUT2D eigenvalue weighted by Crippen LogP contribution is -2.63. The van der Waals surface area contributed by atoms with E-state index in [0.29, 0.717) is 12.3 Å². The van der Waals surface area contributed by atoms with Gasteiger partial charge in [-0.3, -0.25) is 9.80 Å². The van der Waals surface area contributed by atoms with Gasteiger partial charge in [0.25, 0.3) is 5.92 Å². The Morgan fingerprint density at radius 3 is 2.26 bits per heavy atom. The molecule has 2 aliphatic rings. The fourth-order valence-electron chi connectivity index (χ4n) is 3.17. The number of alkyl halides is 2. The predicted molar refractivity (Wildman–Crippen MR) is 76.8 cm³/mol. The Bertz CT molecular complexity index is 253. The van der Waals surface area contributed by atoms with Gasteiger partial charge in [-0.05, 0) is 25.3 Å². The van der Waals surface area contributed by atoms with Gasteiger partial charge in [-0.25, -0.2) is 8.78 Å². The highest BCUT2D eigenvalue weighted by molar-refractivity contribution is 4.97. The van der Waals surface area contributed by atoms with E-state index in [4.69, 9.17) is 0 Å². The van der Waals surface area contributed by atoms with E-state index in [-0.39, 0.29) is 6.54 Å². The van der Waals surface area contributed by atoms with Crippen molar-refractivity contribution in [1.29, 1.82) is 0 Å². The number of nitrogens with zero attached hydrogens (tertiary/aromatic N) is 2. The van der Waals surface area contributed by atoms with Crippen LogP contribution in [0.25, 0.3) is 0 Å². The normalized spacial score (nSPS) is 28.4. The molecular weight excluding hydrogens is 246 g/mol. The lowest BCUT2D eigenvalue weighted by atomic mass is 9.89. The van der Waals surface area contributed by atoms with Gasteiger partial charge < -0.3 is 0 Å². The average Bonchev–Trinajstić information content (AvgIpc) is 2.35. The molecule has 0 spiro atoms. The first-order valence-electron chi connectivity index (χ1n) is 7.91. The molecule has 2 aliphatic heterocycles. The van der Waals surface area contributed by atoms with E-state index < -0.39 is 12.0 Å². The molecule has 1 atom stereocenters. The number of hydrogen-bond acceptors (Lipinski definition) is 2. The Morgan fingerprint density at radius 1 is 1.16 bits per heavy atom. The van der Waals surface area contributed by atoms with Crippen molar-refractivity contribution >= 4 is 0 Å². The minimum atomic E-state index is -2.52. The second-order valence-electron chi connectivity index (χ2n) is 5.54. The third kappa shape index (κ3) is 4.12. The number of likely N-dealkylation sites (tertiary alicyclic amines) is 2. The fraction of sp³-hybridized carbons (Fsp3) is 1.00. The first-order valence-corrected chi connectivity index (χ1v) is 7.91. The third-order valence-electron chi connectivity index (χ3n) is 4.21. The summed E-state index contributed by atoms with van der Waals surface area (Å²) in [5.74, 6) is -1.86. The zero-order valence-electron chi connectivity index (χ0n) is 13.0. The molecule has 4 heteroatoms. The van der Waals surface area contributed by atoms with Gasteiger partial charge in [-0.15, -0.1) is 0 Å². The second kappa shape index (κ2) is 7.53. The Morgan fingerprint density at radius 2 is 1.79 bits per heavy atom. The summed E-state index contributed by atoms with van der Waals surface area (Å²) in [4.78, 5) is 3.87. The van der Waals surface area contributed by atoms with Crippen LogP contribution in [-0.2, 0) is 0 Å². The summed E-state index contributed by atoms with van der Waals surface area (Å²) in [5, 5.41) is 0. The van der Waals surface area contributed by atoms with Crippen LogP contribution < -0.4 is 0 Å². The molecule has 1 unspecified atom stereocenters. The van der Waals surface area contributed by atoms with Gasteiger partial charge >= 0.3 is 0 Å². The number of rotatable bonds is 4. The molecule has 114 valence electrons. The molecule has 0 amide bonds. The summed E-state index contributed by atoms with van der Waals surface area (Å²) in [6.45, 7) is 11.4. The van der Waals surface area contributed by atoms with Crippen LogP contribution in [0.2, 0.25) is 0 Å². The van der Waals surface area contributed by atoms with Gasteiger partial charge in [-0.1, -0.05) is 34.1 Å². The van der Waals surface area contributed by atoms with Crippen LogP contribution in [0, 0.1) is 5.92 Å². The van der Waals surface area contributed by atoms with Gasteiger partial charge in [0.1, 0.15) is 0 Å². The smallest absolute Gasteiger partial charge is 0.275 e. The van der Waals surface area contributed by atoms with Gasteiger partial charge in [0.05, 0.1) is 12.6 Å². The highest BCUT2D eigenvalue weighted by atomic mass is 19.3. The number of halogens is 2. The van der Waals surface area contributed by atoms with Crippen LogP contribution >= 0.6 is 0 Å². The first-order chi connectivity index (χ1) is 9.06. The maximum Gasteiger partial charge on any atom is 0.275 e. The van der Waals surface area contributed by atoms with Crippen LogP contribution in [0.15, 0.2) is 0 Å². The lowest BCUT2D eigenvalue weighted by Gasteiger charge is -2.50. The molecule has 2 nitrogen and oxygen atoms in total. The molecule has 0 aromatic carbocycles. The molecule has 0 radical (unpaired) electrons. The summed E-state index contributed by atoms with van der Waals surface area (Å²) in [5.41, 5.74) is 0. The van der Waals surface area contributed by atoms with Crippen LogP contribution in [0.5, 0.6) is 0 Å². The van der Waals surface area contributed by atoms with Crippen molar-refractivity contribution in [2.24, 2.45) is 5.92 Å². The largest absolute Gasteiger partial charge is 0.298 e. The van der Waals surface area contributed by atoms with Crippen molar-refractivity contribution in [1.82, 2.24) is 9.80 Å². The third-order valence-corrected chi connectivity index (χ3v) is 4.21. The Kier molecular flexibility index (Phi) is 6.67. The topological polar surface area (TPSA) is 6.48 Å². The minimum absolute atomic E-state index is 0.0525. The van der Waals surface area contributed by atoms with Gasteiger partial charge in [-0.2, -0.15) is 0 Å². The van der Waals surface area contributed by atoms with Gasteiger partial charge in [0.2, 0.25) is 0 Å². The lowest BCUT2D eigenvalue weighted by molar-refractivity contribution is -0.148. The molecule has 0 aromatic heterocycles. The van der Waals surface area contributed by atoms with Gasteiger partial charge in [0.15, 0.2) is 0 Å².